The third-order valence-corrected chi connectivity index (χ3v) is 3.93. The van der Waals surface area contributed by atoms with Crippen molar-refractivity contribution in [2.24, 2.45) is 11.3 Å². The molecule has 0 aromatic heterocycles. The first kappa shape index (κ1) is 9.47. The summed E-state index contributed by atoms with van der Waals surface area (Å²) in [5.41, 5.74) is 0.565. The second kappa shape index (κ2) is 2.71. The fourth-order valence-corrected chi connectivity index (χ4v) is 3.03. The Balaban J connectivity index is 1.99. The Bertz CT molecular complexity index is 212. The van der Waals surface area contributed by atoms with Gasteiger partial charge in [0, 0.05) is 13.7 Å². The summed E-state index contributed by atoms with van der Waals surface area (Å²) in [6.45, 7) is 7.79. The molecule has 0 radical (unpaired) electrons. The van der Waals surface area contributed by atoms with Gasteiger partial charge in [0.05, 0.1) is 11.7 Å². The van der Waals surface area contributed by atoms with E-state index in [0.29, 0.717) is 11.5 Å². The van der Waals surface area contributed by atoms with Crippen molar-refractivity contribution in [1.82, 2.24) is 0 Å². The summed E-state index contributed by atoms with van der Waals surface area (Å²) < 4.78 is 10.9. The summed E-state index contributed by atoms with van der Waals surface area (Å²) in [5, 5.41) is 0. The maximum absolute atomic E-state index is 5.72. The molecule has 0 unspecified atom stereocenters. The van der Waals surface area contributed by atoms with Crippen LogP contribution in [0.3, 0.4) is 0 Å². The monoisotopic (exact) mass is 184 g/mol. The smallest absolute Gasteiger partial charge is 0.0929 e. The lowest BCUT2D eigenvalue weighted by Crippen LogP contribution is -2.25. The highest BCUT2D eigenvalue weighted by Gasteiger charge is 2.68. The van der Waals surface area contributed by atoms with Crippen LogP contribution in [0.15, 0.2) is 0 Å². The van der Waals surface area contributed by atoms with Gasteiger partial charge in [0.25, 0.3) is 0 Å². The van der Waals surface area contributed by atoms with Gasteiger partial charge in [-0.25, -0.2) is 0 Å². The number of hydrogen-bond acceptors (Lipinski definition) is 2. The van der Waals surface area contributed by atoms with Crippen molar-refractivity contribution in [3.63, 3.8) is 0 Å². The van der Waals surface area contributed by atoms with Crippen LogP contribution in [-0.2, 0) is 9.47 Å². The van der Waals surface area contributed by atoms with Gasteiger partial charge >= 0.3 is 0 Å². The molecule has 0 aromatic rings. The normalized spacial score (nSPS) is 46.2. The van der Waals surface area contributed by atoms with Crippen LogP contribution in [0.25, 0.3) is 0 Å². The van der Waals surface area contributed by atoms with Gasteiger partial charge in [0.2, 0.25) is 0 Å². The minimum absolute atomic E-state index is 0.210. The molecular formula is C11H20O2. The number of methoxy groups -OCH3 is 1. The van der Waals surface area contributed by atoms with Gasteiger partial charge < -0.3 is 9.47 Å². The Morgan fingerprint density at radius 2 is 2.08 bits per heavy atom. The molecule has 2 nitrogen and oxygen atoms in total. The number of ether oxygens (including phenoxy) is 2. The molecule has 2 aliphatic rings. The van der Waals surface area contributed by atoms with Crippen molar-refractivity contribution in [3.05, 3.63) is 0 Å². The zero-order chi connectivity index (χ0) is 9.69. The van der Waals surface area contributed by atoms with Crippen LogP contribution in [0.1, 0.15) is 33.6 Å². The first-order valence-corrected chi connectivity index (χ1v) is 5.17. The van der Waals surface area contributed by atoms with Crippen molar-refractivity contribution in [3.8, 4) is 0 Å². The van der Waals surface area contributed by atoms with Crippen molar-refractivity contribution in [2.75, 3.05) is 13.7 Å². The molecule has 2 heteroatoms. The molecule has 2 fully saturated rings. The topological polar surface area (TPSA) is 21.8 Å². The summed E-state index contributed by atoms with van der Waals surface area (Å²) in [4.78, 5) is 0. The third kappa shape index (κ3) is 1.31. The minimum Gasteiger partial charge on any atom is -0.385 e. The summed E-state index contributed by atoms with van der Waals surface area (Å²) in [6, 6.07) is 0. The first-order chi connectivity index (χ1) is 6.00. The molecule has 3 atom stereocenters. The molecule has 1 aliphatic heterocycles. The average Bonchev–Trinajstić information content (AvgIpc) is 2.67. The van der Waals surface area contributed by atoms with E-state index in [9.17, 15) is 0 Å². The highest BCUT2D eigenvalue weighted by Crippen LogP contribution is 2.62. The predicted octanol–water partition coefficient (Wildman–Crippen LogP) is 2.23. The predicted molar refractivity (Wildman–Crippen MR) is 51.7 cm³/mol. The van der Waals surface area contributed by atoms with Gasteiger partial charge in [0.15, 0.2) is 0 Å². The minimum atomic E-state index is 0.210. The van der Waals surface area contributed by atoms with Crippen molar-refractivity contribution < 1.29 is 9.47 Å². The van der Waals surface area contributed by atoms with E-state index < -0.39 is 0 Å². The van der Waals surface area contributed by atoms with Crippen molar-refractivity contribution in [2.45, 2.75) is 45.3 Å². The number of rotatable bonds is 3. The zero-order valence-electron chi connectivity index (χ0n) is 9.09. The summed E-state index contributed by atoms with van der Waals surface area (Å²) in [5.74, 6) is 0.774. The fourth-order valence-electron chi connectivity index (χ4n) is 3.03. The lowest BCUT2D eigenvalue weighted by molar-refractivity contribution is 0.0797. The van der Waals surface area contributed by atoms with Crippen LogP contribution in [0.2, 0.25) is 0 Å². The quantitative estimate of drug-likeness (QED) is 0.627. The Morgan fingerprint density at radius 3 is 2.54 bits per heavy atom. The molecule has 0 aromatic carbocycles. The molecular weight excluding hydrogens is 164 g/mol. The molecule has 1 saturated carbocycles. The van der Waals surface area contributed by atoms with Gasteiger partial charge in [0.1, 0.15) is 0 Å². The van der Waals surface area contributed by atoms with Gasteiger partial charge in [-0.15, -0.1) is 0 Å². The molecule has 0 N–H and O–H groups in total. The maximum atomic E-state index is 5.72. The van der Waals surface area contributed by atoms with Crippen LogP contribution in [0, 0.1) is 11.3 Å². The van der Waals surface area contributed by atoms with E-state index in [1.54, 1.807) is 7.11 Å². The second-order valence-electron chi connectivity index (χ2n) is 5.31. The van der Waals surface area contributed by atoms with E-state index >= 15 is 0 Å². The van der Waals surface area contributed by atoms with Crippen LogP contribution in [0.5, 0.6) is 0 Å². The standard InChI is InChI=1S/C11H20O2/c1-10(2)8(5-6-12-4)7-11(3)9(10)13-11/h8-9H,5-7H2,1-4H3/t8-,9+,11+/m0/s1. The highest BCUT2D eigenvalue weighted by atomic mass is 16.6. The molecule has 1 aliphatic carbocycles. The Labute approximate surface area is 80.6 Å². The molecule has 0 spiro atoms. The van der Waals surface area contributed by atoms with Crippen molar-refractivity contribution >= 4 is 0 Å². The van der Waals surface area contributed by atoms with Crippen molar-refractivity contribution in [1.29, 1.82) is 0 Å². The lowest BCUT2D eigenvalue weighted by atomic mass is 9.79. The van der Waals surface area contributed by atoms with Crippen LogP contribution in [-0.4, -0.2) is 25.4 Å². The molecule has 1 heterocycles. The van der Waals surface area contributed by atoms with Crippen LogP contribution in [0.4, 0.5) is 0 Å². The Hall–Kier alpha value is -0.0800. The SMILES string of the molecule is COCC[C@H]1C[C@@]2(C)O[C@@H]2C1(C)C. The maximum Gasteiger partial charge on any atom is 0.0929 e. The number of epoxide rings is 1. The summed E-state index contributed by atoms with van der Waals surface area (Å²) in [6.07, 6.45) is 2.90. The zero-order valence-corrected chi connectivity index (χ0v) is 9.09. The molecule has 0 bridgehead atoms. The molecule has 2 rings (SSSR count). The second-order valence-corrected chi connectivity index (χ2v) is 5.31. The van der Waals surface area contributed by atoms with Gasteiger partial charge in [-0.05, 0) is 31.1 Å². The first-order valence-electron chi connectivity index (χ1n) is 5.17. The number of hydrogen-bond donors (Lipinski definition) is 0. The lowest BCUT2D eigenvalue weighted by Gasteiger charge is -2.28. The Kier molecular flexibility index (Phi) is 1.97. The number of fused-ring (bicyclic) bond motifs is 1. The molecule has 0 amide bonds. The van der Waals surface area contributed by atoms with Gasteiger partial charge in [-0.3, -0.25) is 0 Å². The van der Waals surface area contributed by atoms with Gasteiger partial charge in [-0.2, -0.15) is 0 Å². The van der Waals surface area contributed by atoms with Crippen LogP contribution >= 0.6 is 0 Å². The third-order valence-electron chi connectivity index (χ3n) is 3.93. The van der Waals surface area contributed by atoms with E-state index in [0.717, 1.165) is 12.5 Å². The molecule has 1 saturated heterocycles. The highest BCUT2D eigenvalue weighted by molar-refractivity contribution is 5.15. The average molecular weight is 184 g/mol. The summed E-state index contributed by atoms with van der Waals surface area (Å²) >= 11 is 0. The Morgan fingerprint density at radius 1 is 1.38 bits per heavy atom. The van der Waals surface area contributed by atoms with E-state index in [2.05, 4.69) is 20.8 Å². The fraction of sp³-hybridized carbons (Fsp3) is 1.00. The molecule has 76 valence electrons. The van der Waals surface area contributed by atoms with E-state index in [1.165, 1.54) is 12.8 Å². The largest absolute Gasteiger partial charge is 0.385 e. The van der Waals surface area contributed by atoms with Crippen LogP contribution < -0.4 is 0 Å². The summed E-state index contributed by atoms with van der Waals surface area (Å²) in [7, 11) is 1.78. The van der Waals surface area contributed by atoms with E-state index in [1.807, 2.05) is 0 Å². The van der Waals surface area contributed by atoms with E-state index in [-0.39, 0.29) is 5.60 Å². The van der Waals surface area contributed by atoms with E-state index in [4.69, 9.17) is 9.47 Å². The molecule has 13 heavy (non-hydrogen) atoms. The van der Waals surface area contributed by atoms with Gasteiger partial charge in [-0.1, -0.05) is 13.8 Å².